The molecule has 18 heavy (non-hydrogen) atoms. The highest BCUT2D eigenvalue weighted by Gasteiger charge is 2.28. The summed E-state index contributed by atoms with van der Waals surface area (Å²) >= 11 is 0. The zero-order valence-electron chi connectivity index (χ0n) is 11.4. The summed E-state index contributed by atoms with van der Waals surface area (Å²) in [5.41, 5.74) is 2.25. The van der Waals surface area contributed by atoms with E-state index in [2.05, 4.69) is 29.9 Å². The molecule has 0 spiro atoms. The van der Waals surface area contributed by atoms with Crippen LogP contribution in [-0.2, 0) is 0 Å². The molecule has 2 heterocycles. The Morgan fingerprint density at radius 2 is 2.00 bits per heavy atom. The SMILES string of the molecule is Cc1nc(C2CCC(C)C(C)C2)c2cc[nH]c2n1. The van der Waals surface area contributed by atoms with E-state index in [0.29, 0.717) is 5.92 Å². The second kappa shape index (κ2) is 4.38. The summed E-state index contributed by atoms with van der Waals surface area (Å²) in [5.74, 6) is 3.14. The molecule has 2 aromatic heterocycles. The van der Waals surface area contributed by atoms with E-state index in [-0.39, 0.29) is 0 Å². The largest absolute Gasteiger partial charge is 0.346 e. The van der Waals surface area contributed by atoms with Crippen LogP contribution < -0.4 is 0 Å². The lowest BCUT2D eigenvalue weighted by atomic mass is 9.74. The van der Waals surface area contributed by atoms with Crippen LogP contribution in [0.4, 0.5) is 0 Å². The lowest BCUT2D eigenvalue weighted by Gasteiger charge is -2.32. The predicted molar refractivity (Wildman–Crippen MR) is 73.5 cm³/mol. The molecule has 1 saturated carbocycles. The third kappa shape index (κ3) is 1.92. The molecule has 96 valence electrons. The van der Waals surface area contributed by atoms with Crippen molar-refractivity contribution in [2.24, 2.45) is 11.8 Å². The first-order valence-electron chi connectivity index (χ1n) is 6.96. The molecule has 0 radical (unpaired) electrons. The Morgan fingerprint density at radius 3 is 2.78 bits per heavy atom. The first kappa shape index (κ1) is 11.7. The summed E-state index contributed by atoms with van der Waals surface area (Å²) < 4.78 is 0. The van der Waals surface area contributed by atoms with E-state index in [1.54, 1.807) is 0 Å². The second-order valence-corrected chi connectivity index (χ2v) is 5.86. The standard InChI is InChI=1S/C15H21N3/c1-9-4-5-12(8-10(9)2)14-13-6-7-16-15(13)18-11(3)17-14/h6-7,9-10,12H,4-5,8H2,1-3H3,(H,16,17,18). The molecule has 1 aliphatic rings. The maximum Gasteiger partial charge on any atom is 0.141 e. The van der Waals surface area contributed by atoms with Gasteiger partial charge in [-0.15, -0.1) is 0 Å². The monoisotopic (exact) mass is 243 g/mol. The number of hydrogen-bond acceptors (Lipinski definition) is 2. The highest BCUT2D eigenvalue weighted by Crippen LogP contribution is 2.40. The molecule has 0 aromatic carbocycles. The van der Waals surface area contributed by atoms with Crippen molar-refractivity contribution in [3.63, 3.8) is 0 Å². The smallest absolute Gasteiger partial charge is 0.141 e. The van der Waals surface area contributed by atoms with E-state index in [1.807, 2.05) is 13.1 Å². The average molecular weight is 243 g/mol. The fourth-order valence-corrected chi connectivity index (χ4v) is 3.19. The first-order valence-corrected chi connectivity index (χ1v) is 6.96. The van der Waals surface area contributed by atoms with Crippen molar-refractivity contribution >= 4 is 11.0 Å². The van der Waals surface area contributed by atoms with Crippen molar-refractivity contribution in [2.75, 3.05) is 0 Å². The Bertz CT molecular complexity index is 558. The van der Waals surface area contributed by atoms with Crippen LogP contribution in [0.25, 0.3) is 11.0 Å². The number of aromatic amines is 1. The van der Waals surface area contributed by atoms with Crippen LogP contribution in [-0.4, -0.2) is 15.0 Å². The lowest BCUT2D eigenvalue weighted by Crippen LogP contribution is -2.20. The predicted octanol–water partition coefficient (Wildman–Crippen LogP) is 3.81. The van der Waals surface area contributed by atoms with Gasteiger partial charge < -0.3 is 4.98 Å². The van der Waals surface area contributed by atoms with Gasteiger partial charge in [-0.05, 0) is 44.1 Å². The highest BCUT2D eigenvalue weighted by molar-refractivity contribution is 5.78. The fourth-order valence-electron chi connectivity index (χ4n) is 3.19. The third-order valence-corrected chi connectivity index (χ3v) is 4.54. The van der Waals surface area contributed by atoms with E-state index in [0.717, 1.165) is 23.3 Å². The van der Waals surface area contributed by atoms with Crippen LogP contribution in [0.2, 0.25) is 0 Å². The molecule has 0 aliphatic heterocycles. The van der Waals surface area contributed by atoms with E-state index < -0.39 is 0 Å². The Kier molecular flexibility index (Phi) is 2.84. The third-order valence-electron chi connectivity index (χ3n) is 4.54. The van der Waals surface area contributed by atoms with Crippen molar-refractivity contribution in [1.29, 1.82) is 0 Å². The maximum absolute atomic E-state index is 4.73. The molecule has 3 unspecified atom stereocenters. The van der Waals surface area contributed by atoms with Crippen LogP contribution >= 0.6 is 0 Å². The summed E-state index contributed by atoms with van der Waals surface area (Å²) in [7, 11) is 0. The molecular formula is C15H21N3. The molecule has 3 nitrogen and oxygen atoms in total. The lowest BCUT2D eigenvalue weighted by molar-refractivity contribution is 0.248. The van der Waals surface area contributed by atoms with Gasteiger partial charge in [-0.3, -0.25) is 0 Å². The molecule has 3 atom stereocenters. The van der Waals surface area contributed by atoms with Gasteiger partial charge in [0.25, 0.3) is 0 Å². The van der Waals surface area contributed by atoms with Gasteiger partial charge in [-0.25, -0.2) is 9.97 Å². The molecule has 0 bridgehead atoms. The van der Waals surface area contributed by atoms with Crippen molar-refractivity contribution in [3.05, 3.63) is 23.8 Å². The fraction of sp³-hybridized carbons (Fsp3) is 0.600. The molecule has 3 rings (SSSR count). The first-order chi connectivity index (χ1) is 8.65. The number of fused-ring (bicyclic) bond motifs is 1. The van der Waals surface area contributed by atoms with Crippen molar-refractivity contribution in [3.8, 4) is 0 Å². The molecule has 1 N–H and O–H groups in total. The van der Waals surface area contributed by atoms with E-state index in [1.165, 1.54) is 30.3 Å². The highest BCUT2D eigenvalue weighted by atomic mass is 14.9. The van der Waals surface area contributed by atoms with Gasteiger partial charge in [0.05, 0.1) is 5.69 Å². The quantitative estimate of drug-likeness (QED) is 0.827. The topological polar surface area (TPSA) is 41.6 Å². The van der Waals surface area contributed by atoms with E-state index >= 15 is 0 Å². The van der Waals surface area contributed by atoms with E-state index in [4.69, 9.17) is 4.98 Å². The second-order valence-electron chi connectivity index (χ2n) is 5.86. The summed E-state index contributed by atoms with van der Waals surface area (Å²) in [6.07, 6.45) is 5.82. The molecule has 3 heteroatoms. The van der Waals surface area contributed by atoms with Gasteiger partial charge in [-0.2, -0.15) is 0 Å². The number of aryl methyl sites for hydroxylation is 1. The summed E-state index contributed by atoms with van der Waals surface area (Å²) in [6.45, 7) is 6.73. The normalized spacial score (nSPS) is 28.7. The molecule has 0 amide bonds. The number of nitrogens with zero attached hydrogens (tertiary/aromatic N) is 2. The minimum atomic E-state index is 0.608. The average Bonchev–Trinajstić information content (AvgIpc) is 2.79. The van der Waals surface area contributed by atoms with Crippen LogP contribution in [0.15, 0.2) is 12.3 Å². The van der Waals surface area contributed by atoms with Crippen LogP contribution in [0.3, 0.4) is 0 Å². The van der Waals surface area contributed by atoms with Crippen molar-refractivity contribution < 1.29 is 0 Å². The number of H-pyrrole nitrogens is 1. The van der Waals surface area contributed by atoms with Gasteiger partial charge in [-0.1, -0.05) is 13.8 Å². The number of aromatic nitrogens is 3. The zero-order valence-corrected chi connectivity index (χ0v) is 11.4. The minimum absolute atomic E-state index is 0.608. The van der Waals surface area contributed by atoms with E-state index in [9.17, 15) is 0 Å². The Balaban J connectivity index is 2.01. The van der Waals surface area contributed by atoms with Gasteiger partial charge in [0.1, 0.15) is 11.5 Å². The van der Waals surface area contributed by atoms with Crippen LogP contribution in [0.1, 0.15) is 50.5 Å². The van der Waals surface area contributed by atoms with Crippen molar-refractivity contribution in [1.82, 2.24) is 15.0 Å². The summed E-state index contributed by atoms with van der Waals surface area (Å²) in [4.78, 5) is 12.4. The number of hydrogen-bond donors (Lipinski definition) is 1. The van der Waals surface area contributed by atoms with Gasteiger partial charge in [0.15, 0.2) is 0 Å². The minimum Gasteiger partial charge on any atom is -0.346 e. The molecule has 0 saturated heterocycles. The van der Waals surface area contributed by atoms with Crippen LogP contribution in [0.5, 0.6) is 0 Å². The Labute approximate surface area is 108 Å². The van der Waals surface area contributed by atoms with Gasteiger partial charge in [0.2, 0.25) is 0 Å². The maximum atomic E-state index is 4.73. The molecular weight excluding hydrogens is 222 g/mol. The van der Waals surface area contributed by atoms with Gasteiger partial charge >= 0.3 is 0 Å². The zero-order chi connectivity index (χ0) is 12.7. The number of nitrogens with one attached hydrogen (secondary N) is 1. The molecule has 1 aliphatic carbocycles. The molecule has 1 fully saturated rings. The van der Waals surface area contributed by atoms with Crippen LogP contribution in [0, 0.1) is 18.8 Å². The number of rotatable bonds is 1. The van der Waals surface area contributed by atoms with Crippen molar-refractivity contribution in [2.45, 2.75) is 46.0 Å². The molecule has 2 aromatic rings. The summed E-state index contributed by atoms with van der Waals surface area (Å²) in [5, 5.41) is 1.22. The van der Waals surface area contributed by atoms with Gasteiger partial charge in [0, 0.05) is 17.5 Å². The Hall–Kier alpha value is -1.38. The Morgan fingerprint density at radius 1 is 1.17 bits per heavy atom. The summed E-state index contributed by atoms with van der Waals surface area (Å²) in [6, 6.07) is 2.12.